The topological polar surface area (TPSA) is 103 Å². The fourth-order valence-corrected chi connectivity index (χ4v) is 2.57. The van der Waals surface area contributed by atoms with Gasteiger partial charge in [-0.2, -0.15) is 10.4 Å². The van der Waals surface area contributed by atoms with Crippen LogP contribution in [0.2, 0.25) is 0 Å². The molecule has 7 nitrogen and oxygen atoms in total. The van der Waals surface area contributed by atoms with Gasteiger partial charge in [0.2, 0.25) is 5.95 Å². The van der Waals surface area contributed by atoms with Gasteiger partial charge in [0.05, 0.1) is 24.6 Å². The van der Waals surface area contributed by atoms with Crippen LogP contribution in [0.4, 0.5) is 5.95 Å². The fourth-order valence-electron chi connectivity index (χ4n) is 2.57. The second kappa shape index (κ2) is 9.44. The lowest BCUT2D eigenvalue weighted by Gasteiger charge is -2.07. The summed E-state index contributed by atoms with van der Waals surface area (Å²) in [5.41, 5.74) is 5.11. The van der Waals surface area contributed by atoms with Crippen LogP contribution in [0.15, 0.2) is 64.5 Å². The predicted octanol–water partition coefficient (Wildman–Crippen LogP) is 3.68. The van der Waals surface area contributed by atoms with E-state index in [0.717, 1.165) is 11.1 Å². The van der Waals surface area contributed by atoms with Crippen molar-refractivity contribution in [3.05, 3.63) is 81.6 Å². The normalized spacial score (nSPS) is 11.0. The summed E-state index contributed by atoms with van der Waals surface area (Å²) >= 11 is 0. The molecule has 29 heavy (non-hydrogen) atoms. The summed E-state index contributed by atoms with van der Waals surface area (Å²) in [7, 11) is 0. The molecule has 2 N–H and O–H groups in total. The van der Waals surface area contributed by atoms with E-state index in [9.17, 15) is 10.1 Å². The van der Waals surface area contributed by atoms with E-state index in [4.69, 9.17) is 4.74 Å². The van der Waals surface area contributed by atoms with Crippen molar-refractivity contribution in [3.8, 4) is 17.3 Å². The Morgan fingerprint density at radius 1 is 1.21 bits per heavy atom. The number of ether oxygens (including phenoxy) is 1. The Bertz CT molecular complexity index is 1080. The van der Waals surface area contributed by atoms with Crippen LogP contribution in [-0.2, 0) is 11.3 Å². The highest BCUT2D eigenvalue weighted by Crippen LogP contribution is 2.19. The highest BCUT2D eigenvalue weighted by Gasteiger charge is 2.12. The molecule has 7 heteroatoms. The van der Waals surface area contributed by atoms with Gasteiger partial charge in [-0.3, -0.25) is 9.78 Å². The summed E-state index contributed by atoms with van der Waals surface area (Å²) in [6.07, 6.45) is 1.80. The highest BCUT2D eigenvalue weighted by molar-refractivity contribution is 5.80. The van der Waals surface area contributed by atoms with Gasteiger partial charge in [-0.25, -0.2) is 10.4 Å². The number of nitrogens with zero attached hydrogens (tertiary/aromatic N) is 3. The third-order valence-electron chi connectivity index (χ3n) is 4.03. The van der Waals surface area contributed by atoms with Crippen LogP contribution in [0.3, 0.4) is 0 Å². The molecule has 0 saturated carbocycles. The first-order chi connectivity index (χ1) is 14.1. The molecule has 0 unspecified atom stereocenters. The van der Waals surface area contributed by atoms with Crippen molar-refractivity contribution in [2.75, 3.05) is 5.43 Å². The zero-order valence-corrected chi connectivity index (χ0v) is 16.2. The molecule has 0 radical (unpaired) electrons. The van der Waals surface area contributed by atoms with Gasteiger partial charge in [-0.05, 0) is 25.0 Å². The van der Waals surface area contributed by atoms with Crippen molar-refractivity contribution < 1.29 is 4.74 Å². The Morgan fingerprint density at radius 3 is 2.59 bits per heavy atom. The Labute approximate surface area is 168 Å². The number of benzene rings is 2. The number of rotatable bonds is 7. The molecule has 2 aromatic carbocycles. The van der Waals surface area contributed by atoms with Gasteiger partial charge in [0.25, 0.3) is 5.56 Å². The maximum absolute atomic E-state index is 12.2. The van der Waals surface area contributed by atoms with Crippen molar-refractivity contribution in [2.45, 2.75) is 26.6 Å². The van der Waals surface area contributed by atoms with Crippen molar-refractivity contribution in [2.24, 2.45) is 5.10 Å². The first kappa shape index (κ1) is 20.0. The van der Waals surface area contributed by atoms with Crippen LogP contribution < -0.4 is 11.0 Å². The van der Waals surface area contributed by atoms with Crippen LogP contribution in [-0.4, -0.2) is 22.3 Å². The minimum absolute atomic E-state index is 0.0371. The smallest absolute Gasteiger partial charge is 0.270 e. The number of hydrogen-bond acceptors (Lipinski definition) is 6. The van der Waals surface area contributed by atoms with Crippen LogP contribution in [0.5, 0.6) is 0 Å². The second-order valence-electron chi connectivity index (χ2n) is 6.59. The quantitative estimate of drug-likeness (QED) is 0.475. The third kappa shape index (κ3) is 5.37. The molecule has 0 atom stereocenters. The van der Waals surface area contributed by atoms with Crippen LogP contribution in [0.25, 0.3) is 11.3 Å². The summed E-state index contributed by atoms with van der Waals surface area (Å²) < 4.78 is 5.57. The first-order valence-corrected chi connectivity index (χ1v) is 9.16. The molecule has 1 aromatic heterocycles. The van der Waals surface area contributed by atoms with Crippen molar-refractivity contribution in [1.29, 1.82) is 5.26 Å². The molecule has 0 fully saturated rings. The van der Waals surface area contributed by atoms with Gasteiger partial charge in [-0.15, -0.1) is 0 Å². The SMILES string of the molecule is CC(C)OCc1ccc(C=NNc2nc(-c3ccccc3)c(C#N)c(=O)[nH]2)cc1. The van der Waals surface area contributed by atoms with Crippen LogP contribution in [0.1, 0.15) is 30.5 Å². The molecule has 146 valence electrons. The van der Waals surface area contributed by atoms with E-state index in [1.54, 1.807) is 18.3 Å². The van der Waals surface area contributed by atoms with E-state index in [0.29, 0.717) is 17.9 Å². The summed E-state index contributed by atoms with van der Waals surface area (Å²) in [4.78, 5) is 19.1. The number of aromatic amines is 1. The molecule has 1 heterocycles. The minimum atomic E-state index is -0.520. The summed E-state index contributed by atoms with van der Waals surface area (Å²) in [6.45, 7) is 4.56. The number of hydrogen-bond donors (Lipinski definition) is 2. The molecular weight excluding hydrogens is 366 g/mol. The third-order valence-corrected chi connectivity index (χ3v) is 4.03. The summed E-state index contributed by atoms with van der Waals surface area (Å²) in [5.74, 6) is 0.158. The zero-order chi connectivity index (χ0) is 20.6. The van der Waals surface area contributed by atoms with Crippen molar-refractivity contribution in [3.63, 3.8) is 0 Å². The largest absolute Gasteiger partial charge is 0.374 e. The van der Waals surface area contributed by atoms with Crippen molar-refractivity contribution >= 4 is 12.2 Å². The maximum atomic E-state index is 12.2. The standard InChI is InChI=1S/C22H21N5O2/c1-15(2)29-14-17-10-8-16(9-11-17)13-24-27-22-25-20(18-6-4-3-5-7-18)19(12-23)21(28)26-22/h3-11,13,15H,14H2,1-2H3,(H2,25,26,27,28). The lowest BCUT2D eigenvalue weighted by molar-refractivity contribution is 0.0657. The maximum Gasteiger partial charge on any atom is 0.270 e. The van der Waals surface area contributed by atoms with Gasteiger partial charge in [0.1, 0.15) is 11.6 Å². The molecule has 0 bridgehead atoms. The molecule has 0 saturated heterocycles. The highest BCUT2D eigenvalue weighted by atomic mass is 16.5. The van der Waals surface area contributed by atoms with E-state index >= 15 is 0 Å². The van der Waals surface area contributed by atoms with Gasteiger partial charge in [0.15, 0.2) is 0 Å². The van der Waals surface area contributed by atoms with E-state index in [2.05, 4.69) is 20.5 Å². The van der Waals surface area contributed by atoms with Gasteiger partial charge in [-0.1, -0.05) is 54.6 Å². The van der Waals surface area contributed by atoms with Gasteiger partial charge < -0.3 is 4.74 Å². The molecule has 3 aromatic rings. The lowest BCUT2D eigenvalue weighted by atomic mass is 10.1. The zero-order valence-electron chi connectivity index (χ0n) is 16.2. The number of anilines is 1. The molecule has 0 aliphatic rings. The molecule has 0 amide bonds. The van der Waals surface area contributed by atoms with Gasteiger partial charge >= 0.3 is 0 Å². The monoisotopic (exact) mass is 387 g/mol. The number of aromatic nitrogens is 2. The number of hydrazone groups is 1. The first-order valence-electron chi connectivity index (χ1n) is 9.16. The Kier molecular flexibility index (Phi) is 6.51. The molecule has 0 spiro atoms. The number of nitriles is 1. The Balaban J connectivity index is 1.75. The Morgan fingerprint density at radius 2 is 1.93 bits per heavy atom. The molecule has 0 aliphatic heterocycles. The second-order valence-corrected chi connectivity index (χ2v) is 6.59. The van der Waals surface area contributed by atoms with E-state index < -0.39 is 5.56 Å². The number of H-pyrrole nitrogens is 1. The van der Waals surface area contributed by atoms with Crippen LogP contribution in [0, 0.1) is 11.3 Å². The Hall–Kier alpha value is -3.76. The van der Waals surface area contributed by atoms with E-state index in [1.165, 1.54) is 0 Å². The minimum Gasteiger partial charge on any atom is -0.374 e. The lowest BCUT2D eigenvalue weighted by Crippen LogP contribution is -2.16. The van der Waals surface area contributed by atoms with E-state index in [1.807, 2.05) is 62.4 Å². The average Bonchev–Trinajstić information content (AvgIpc) is 2.73. The van der Waals surface area contributed by atoms with Gasteiger partial charge in [0, 0.05) is 5.56 Å². The molecule has 0 aliphatic carbocycles. The van der Waals surface area contributed by atoms with Crippen molar-refractivity contribution in [1.82, 2.24) is 9.97 Å². The number of nitrogens with one attached hydrogen (secondary N) is 2. The average molecular weight is 387 g/mol. The summed E-state index contributed by atoms with van der Waals surface area (Å²) in [6, 6.07) is 18.8. The van der Waals surface area contributed by atoms with Crippen LogP contribution >= 0.6 is 0 Å². The molecular formula is C22H21N5O2. The molecule has 3 rings (SSSR count). The van der Waals surface area contributed by atoms with E-state index in [-0.39, 0.29) is 17.6 Å². The fraction of sp³-hybridized carbons (Fsp3) is 0.182. The summed E-state index contributed by atoms with van der Waals surface area (Å²) in [5, 5.41) is 13.4. The predicted molar refractivity (Wildman–Crippen MR) is 113 cm³/mol.